The number of carbonyl (C=O) groups is 3. The molecule has 0 spiro atoms. The number of rotatable bonds is 6. The summed E-state index contributed by atoms with van der Waals surface area (Å²) in [5.74, 6) is -0.0559. The number of carbonyl (C=O) groups excluding carboxylic acids is 3. The first-order chi connectivity index (χ1) is 18.4. The third kappa shape index (κ3) is 5.50. The highest BCUT2D eigenvalue weighted by atomic mass is 35.5. The molecule has 1 aliphatic rings. The highest BCUT2D eigenvalue weighted by molar-refractivity contribution is 6.30. The van der Waals surface area contributed by atoms with Crippen LogP contribution in [0.3, 0.4) is 0 Å². The maximum absolute atomic E-state index is 13.8. The van der Waals surface area contributed by atoms with Crippen LogP contribution in [0.4, 0.5) is 5.82 Å². The van der Waals surface area contributed by atoms with Gasteiger partial charge in [-0.1, -0.05) is 54.1 Å². The normalized spacial score (nSPS) is 15.1. The summed E-state index contributed by atoms with van der Waals surface area (Å²) < 4.78 is 0. The van der Waals surface area contributed by atoms with Crippen LogP contribution in [0, 0.1) is 6.92 Å². The molecule has 1 aromatic heterocycles. The Morgan fingerprint density at radius 2 is 1.76 bits per heavy atom. The smallest absolute Gasteiger partial charge is 0.256 e. The Kier molecular flexibility index (Phi) is 7.33. The Balaban J connectivity index is 1.43. The number of anilines is 1. The van der Waals surface area contributed by atoms with E-state index in [1.54, 1.807) is 59.6 Å². The molecule has 1 aliphatic heterocycles. The van der Waals surface area contributed by atoms with Crippen molar-refractivity contribution in [3.05, 3.63) is 130 Å². The average molecular weight is 524 g/mol. The number of halogens is 1. The fourth-order valence-electron chi connectivity index (χ4n) is 4.73. The lowest BCUT2D eigenvalue weighted by Crippen LogP contribution is -2.44. The number of amides is 2. The topological polar surface area (TPSA) is 79.4 Å². The number of pyridine rings is 1. The van der Waals surface area contributed by atoms with E-state index in [4.69, 9.17) is 11.6 Å². The number of nitrogens with one attached hydrogen (secondary N) is 1. The van der Waals surface area contributed by atoms with Gasteiger partial charge in [-0.05, 0) is 71.6 Å². The Morgan fingerprint density at radius 1 is 1.00 bits per heavy atom. The third-order valence-corrected chi connectivity index (χ3v) is 7.06. The van der Waals surface area contributed by atoms with Gasteiger partial charge in [-0.25, -0.2) is 4.98 Å². The van der Waals surface area contributed by atoms with Crippen LogP contribution in [0.1, 0.15) is 43.0 Å². The molecule has 0 saturated heterocycles. The van der Waals surface area contributed by atoms with Gasteiger partial charge in [0.25, 0.3) is 11.8 Å². The van der Waals surface area contributed by atoms with E-state index in [1.807, 2.05) is 43.3 Å². The predicted molar refractivity (Wildman–Crippen MR) is 147 cm³/mol. The number of aryl methyl sites for hydroxylation is 1. The molecule has 2 heterocycles. The van der Waals surface area contributed by atoms with Crippen molar-refractivity contribution in [1.29, 1.82) is 0 Å². The van der Waals surface area contributed by atoms with Gasteiger partial charge in [0, 0.05) is 41.7 Å². The van der Waals surface area contributed by atoms with Crippen LogP contribution >= 0.6 is 11.6 Å². The molecule has 1 atom stereocenters. The number of aromatic nitrogens is 1. The molecule has 0 saturated carbocycles. The van der Waals surface area contributed by atoms with E-state index in [2.05, 4.69) is 10.3 Å². The monoisotopic (exact) mass is 523 g/mol. The lowest BCUT2D eigenvalue weighted by atomic mass is 9.95. The highest BCUT2D eigenvalue weighted by Gasteiger charge is 2.35. The van der Waals surface area contributed by atoms with Gasteiger partial charge >= 0.3 is 0 Å². The molecule has 4 aromatic rings. The molecule has 190 valence electrons. The van der Waals surface area contributed by atoms with Gasteiger partial charge < -0.3 is 10.2 Å². The van der Waals surface area contributed by atoms with Crippen LogP contribution < -0.4 is 5.32 Å². The summed E-state index contributed by atoms with van der Waals surface area (Å²) in [5, 5.41) is 3.26. The van der Waals surface area contributed by atoms with Gasteiger partial charge in [-0.15, -0.1) is 0 Å². The summed E-state index contributed by atoms with van der Waals surface area (Å²) in [4.78, 5) is 45.8. The van der Waals surface area contributed by atoms with Crippen molar-refractivity contribution >= 4 is 35.0 Å². The van der Waals surface area contributed by atoms with Gasteiger partial charge in [0.1, 0.15) is 5.82 Å². The molecule has 0 bridgehead atoms. The van der Waals surface area contributed by atoms with E-state index in [-0.39, 0.29) is 30.6 Å². The fourth-order valence-corrected chi connectivity index (χ4v) is 4.92. The Hall–Kier alpha value is -4.29. The second-order valence-electron chi connectivity index (χ2n) is 9.39. The summed E-state index contributed by atoms with van der Waals surface area (Å²) >= 11 is 6.20. The highest BCUT2D eigenvalue weighted by Crippen LogP contribution is 2.27. The summed E-state index contributed by atoms with van der Waals surface area (Å²) in [6, 6.07) is 24.7. The minimum absolute atomic E-state index is 0.0334. The molecule has 2 amide bonds. The van der Waals surface area contributed by atoms with E-state index in [0.29, 0.717) is 34.0 Å². The van der Waals surface area contributed by atoms with Crippen molar-refractivity contribution < 1.29 is 14.4 Å². The van der Waals surface area contributed by atoms with Crippen LogP contribution in [0.2, 0.25) is 5.02 Å². The molecule has 0 fully saturated rings. The molecule has 5 rings (SSSR count). The number of fused-ring (bicyclic) bond motifs is 1. The molecule has 38 heavy (non-hydrogen) atoms. The molecular formula is C31H26ClN3O3. The number of Topliss-reactive ketones (excluding diaryl/α,β-unsaturated/α-hetero) is 1. The summed E-state index contributed by atoms with van der Waals surface area (Å²) in [6.07, 6.45) is 2.17. The van der Waals surface area contributed by atoms with E-state index in [9.17, 15) is 14.4 Å². The second kappa shape index (κ2) is 11.0. The molecule has 3 aromatic carbocycles. The lowest BCUT2D eigenvalue weighted by molar-refractivity contribution is -0.122. The van der Waals surface area contributed by atoms with Gasteiger partial charge in [-0.3, -0.25) is 14.4 Å². The van der Waals surface area contributed by atoms with Crippen LogP contribution in [0.25, 0.3) is 0 Å². The quantitative estimate of drug-likeness (QED) is 0.353. The average Bonchev–Trinajstić information content (AvgIpc) is 3.00. The summed E-state index contributed by atoms with van der Waals surface area (Å²) in [7, 11) is 0. The first kappa shape index (κ1) is 25.4. The molecular weight excluding hydrogens is 498 g/mol. The molecule has 0 unspecified atom stereocenters. The Bertz CT molecular complexity index is 1500. The van der Waals surface area contributed by atoms with Gasteiger partial charge in [-0.2, -0.15) is 0 Å². The number of benzene rings is 3. The maximum atomic E-state index is 13.8. The zero-order chi connectivity index (χ0) is 26.6. The first-order valence-corrected chi connectivity index (χ1v) is 12.7. The zero-order valence-electron chi connectivity index (χ0n) is 20.9. The van der Waals surface area contributed by atoms with Gasteiger partial charge in [0.05, 0.1) is 6.04 Å². The van der Waals surface area contributed by atoms with E-state index in [1.165, 1.54) is 0 Å². The van der Waals surface area contributed by atoms with E-state index >= 15 is 0 Å². The van der Waals surface area contributed by atoms with Crippen molar-refractivity contribution in [3.8, 4) is 0 Å². The van der Waals surface area contributed by atoms with E-state index in [0.717, 1.165) is 16.7 Å². The second-order valence-corrected chi connectivity index (χ2v) is 9.83. The SMILES string of the molecule is Cc1ccccc1C[C@@H]1C(=O)Cc2cc(Cl)ccc2C(=O)N1Cc1ccc(C(=O)Nc2ccccn2)cc1. The van der Waals surface area contributed by atoms with Gasteiger partial charge in [0.15, 0.2) is 5.78 Å². The first-order valence-electron chi connectivity index (χ1n) is 12.4. The third-order valence-electron chi connectivity index (χ3n) is 6.82. The number of hydrogen-bond donors (Lipinski definition) is 1. The fraction of sp³-hybridized carbons (Fsp3) is 0.161. The molecule has 6 nitrogen and oxygen atoms in total. The minimum Gasteiger partial charge on any atom is -0.324 e. The van der Waals surface area contributed by atoms with Gasteiger partial charge in [0.2, 0.25) is 0 Å². The lowest BCUT2D eigenvalue weighted by Gasteiger charge is -2.30. The van der Waals surface area contributed by atoms with Crippen molar-refractivity contribution in [2.75, 3.05) is 5.32 Å². The maximum Gasteiger partial charge on any atom is 0.256 e. The number of ketones is 1. The Morgan fingerprint density at radius 3 is 2.50 bits per heavy atom. The van der Waals surface area contributed by atoms with Crippen LogP contribution in [-0.2, 0) is 24.2 Å². The number of hydrogen-bond acceptors (Lipinski definition) is 4. The minimum atomic E-state index is -0.637. The Labute approximate surface area is 226 Å². The molecule has 7 heteroatoms. The standard InChI is InChI=1S/C31H26ClN3O3/c1-20-6-2-3-7-23(20)17-27-28(36)18-24-16-25(32)13-14-26(24)31(38)35(27)19-21-9-11-22(12-10-21)30(37)34-29-8-4-5-15-33-29/h2-16,27H,17-19H2,1H3,(H,33,34,37)/t27-/m1/s1. The van der Waals surface area contributed by atoms with Crippen LogP contribution in [0.15, 0.2) is 91.1 Å². The number of nitrogens with zero attached hydrogens (tertiary/aromatic N) is 2. The van der Waals surface area contributed by atoms with Crippen LogP contribution in [0.5, 0.6) is 0 Å². The molecule has 0 aliphatic carbocycles. The van der Waals surface area contributed by atoms with Crippen molar-refractivity contribution in [1.82, 2.24) is 9.88 Å². The molecule has 1 N–H and O–H groups in total. The summed E-state index contributed by atoms with van der Waals surface area (Å²) in [6.45, 7) is 2.23. The predicted octanol–water partition coefficient (Wildman–Crippen LogP) is 5.67. The molecule has 0 radical (unpaired) electrons. The largest absolute Gasteiger partial charge is 0.324 e. The van der Waals surface area contributed by atoms with Crippen molar-refractivity contribution in [2.24, 2.45) is 0 Å². The van der Waals surface area contributed by atoms with Crippen LogP contribution in [-0.4, -0.2) is 33.5 Å². The van der Waals surface area contributed by atoms with E-state index < -0.39 is 6.04 Å². The zero-order valence-corrected chi connectivity index (χ0v) is 21.6. The van der Waals surface area contributed by atoms with Crippen molar-refractivity contribution in [3.63, 3.8) is 0 Å². The van der Waals surface area contributed by atoms with Crippen molar-refractivity contribution in [2.45, 2.75) is 32.4 Å². The summed E-state index contributed by atoms with van der Waals surface area (Å²) in [5.41, 5.74) is 4.50.